The van der Waals surface area contributed by atoms with Crippen LogP contribution in [0.25, 0.3) is 6.08 Å². The van der Waals surface area contributed by atoms with Crippen molar-refractivity contribution in [3.63, 3.8) is 0 Å². The number of hydrogen-bond acceptors (Lipinski definition) is 3. The Balaban J connectivity index is 2.39. The number of alkyl halides is 9. The molecule has 0 aliphatic heterocycles. The molecule has 2 unspecified atom stereocenters. The molecule has 0 saturated carbocycles. The van der Waals surface area contributed by atoms with Gasteiger partial charge < -0.3 is 5.32 Å². The number of sulfone groups is 1. The number of halogens is 12. The first kappa shape index (κ1) is 34.4. The molecule has 0 heterocycles. The van der Waals surface area contributed by atoms with Crippen molar-refractivity contribution in [1.29, 1.82) is 0 Å². The third kappa shape index (κ3) is 9.94. The van der Waals surface area contributed by atoms with E-state index < -0.39 is 68.9 Å². The molecule has 4 nitrogen and oxygen atoms in total. The largest absolute Gasteiger partial charge is 0.417 e. The predicted octanol–water partition coefficient (Wildman–Crippen LogP) is 8.34. The summed E-state index contributed by atoms with van der Waals surface area (Å²) in [5.74, 6) is -7.08. The van der Waals surface area contributed by atoms with Crippen LogP contribution in [-0.2, 0) is 16.0 Å². The molecule has 222 valence electrons. The van der Waals surface area contributed by atoms with Crippen molar-refractivity contribution in [1.82, 2.24) is 5.32 Å². The molecule has 0 aromatic heterocycles. The lowest BCUT2D eigenvalue weighted by Crippen LogP contribution is -2.40. The van der Waals surface area contributed by atoms with Crippen LogP contribution in [0.3, 0.4) is 0 Å². The first-order valence-electron chi connectivity index (χ1n) is 10.7. The van der Waals surface area contributed by atoms with Gasteiger partial charge in [0, 0.05) is 15.0 Å². The van der Waals surface area contributed by atoms with E-state index in [1.807, 2.05) is 5.32 Å². The minimum absolute atomic E-state index is 0.101. The lowest BCUT2D eigenvalue weighted by atomic mass is 9.96. The molecule has 17 heteroatoms. The second kappa shape index (κ2) is 12.6. The van der Waals surface area contributed by atoms with Gasteiger partial charge in [0.1, 0.15) is 5.75 Å². The summed E-state index contributed by atoms with van der Waals surface area (Å²) >= 11 is 12.0. The molecule has 0 aliphatic carbocycles. The number of nitrogens with one attached hydrogen (secondary N) is 1. The van der Waals surface area contributed by atoms with E-state index in [1.165, 1.54) is 0 Å². The van der Waals surface area contributed by atoms with Crippen molar-refractivity contribution in [2.24, 2.45) is 0 Å². The maximum atomic E-state index is 13.8. The van der Waals surface area contributed by atoms with Crippen LogP contribution < -0.4 is 5.32 Å². The third-order valence-electron chi connectivity index (χ3n) is 5.06. The first-order chi connectivity index (χ1) is 18.0. The average molecular weight is 754 g/mol. The predicted molar refractivity (Wildman–Crippen MR) is 138 cm³/mol. The molecule has 0 fully saturated rings. The first-order valence-corrected chi connectivity index (χ1v) is 14.5. The highest BCUT2D eigenvalue weighted by molar-refractivity contribution is 9.11. The van der Waals surface area contributed by atoms with Gasteiger partial charge in [0.2, 0.25) is 0 Å². The summed E-state index contributed by atoms with van der Waals surface area (Å²) in [6.45, 7) is 0.987. The summed E-state index contributed by atoms with van der Waals surface area (Å²) in [6.07, 6.45) is -13.7. The monoisotopic (exact) mass is 751 g/mol. The van der Waals surface area contributed by atoms with Crippen LogP contribution in [0.5, 0.6) is 0 Å². The summed E-state index contributed by atoms with van der Waals surface area (Å²) in [4.78, 5) is 12.5. The van der Waals surface area contributed by atoms with Gasteiger partial charge in [0.05, 0.1) is 27.8 Å². The zero-order valence-corrected chi connectivity index (χ0v) is 24.5. The molecule has 0 spiro atoms. The Kier molecular flexibility index (Phi) is 10.9. The number of benzene rings is 2. The van der Waals surface area contributed by atoms with Crippen molar-refractivity contribution in [2.45, 2.75) is 37.4 Å². The summed E-state index contributed by atoms with van der Waals surface area (Å²) < 4.78 is 143. The number of allylic oxidation sites excluding steroid dienone is 1. The minimum atomic E-state index is -5.17. The SMILES string of the molecule is CC(CS(=O)(=O)CC(F)(F)F)NC(=O)c1ccc(/C=C/C(c2cc(Br)c(Cl)c(Br)c2)C(F)(F)F)cc1C(F)(F)F. The zero-order valence-electron chi connectivity index (χ0n) is 19.8. The van der Waals surface area contributed by atoms with Crippen molar-refractivity contribution < 1.29 is 52.7 Å². The van der Waals surface area contributed by atoms with E-state index in [4.69, 9.17) is 11.6 Å². The van der Waals surface area contributed by atoms with E-state index in [2.05, 4.69) is 31.9 Å². The standard InChI is InChI=1S/C23H17Br2ClF9NO3S/c1-11(9-40(38,39)10-21(27,28)29)36-20(37)14-4-2-12(6-16(14)23(33,34)35)3-5-15(22(30,31)32)13-7-17(24)19(26)18(25)8-13/h2-8,11,15H,9-10H2,1H3,(H,36,37)/b5-3+. The van der Waals surface area contributed by atoms with Gasteiger partial charge in [0.15, 0.2) is 9.84 Å². The van der Waals surface area contributed by atoms with E-state index >= 15 is 0 Å². The fraction of sp³-hybridized carbons (Fsp3) is 0.348. The van der Waals surface area contributed by atoms with Gasteiger partial charge in [-0.15, -0.1) is 0 Å². The highest BCUT2D eigenvalue weighted by atomic mass is 79.9. The second-order valence-corrected chi connectivity index (χ2v) is 12.7. The van der Waals surface area contributed by atoms with Crippen molar-refractivity contribution in [2.75, 3.05) is 11.5 Å². The smallest absolute Gasteiger partial charge is 0.349 e. The van der Waals surface area contributed by atoms with Crippen LogP contribution in [0.15, 0.2) is 45.4 Å². The number of carbonyl (C=O) groups excluding carboxylic acids is 1. The van der Waals surface area contributed by atoms with Crippen LogP contribution in [0, 0.1) is 0 Å². The highest BCUT2D eigenvalue weighted by Gasteiger charge is 2.40. The molecule has 2 rings (SSSR count). The average Bonchev–Trinajstić information content (AvgIpc) is 2.73. The zero-order chi connectivity index (χ0) is 30.8. The van der Waals surface area contributed by atoms with E-state index in [0.29, 0.717) is 18.2 Å². The van der Waals surface area contributed by atoms with E-state index in [-0.39, 0.29) is 25.1 Å². The molecule has 1 amide bonds. The van der Waals surface area contributed by atoms with E-state index in [1.54, 1.807) is 0 Å². The number of hydrogen-bond donors (Lipinski definition) is 1. The summed E-state index contributed by atoms with van der Waals surface area (Å²) in [5, 5.41) is 2.01. The van der Waals surface area contributed by atoms with Gasteiger partial charge >= 0.3 is 18.5 Å². The maximum Gasteiger partial charge on any atom is 0.417 e. The van der Waals surface area contributed by atoms with Gasteiger partial charge in [0.25, 0.3) is 5.91 Å². The molecular weight excluding hydrogens is 737 g/mol. The minimum Gasteiger partial charge on any atom is -0.349 e. The summed E-state index contributed by atoms with van der Waals surface area (Å²) in [7, 11) is -4.75. The molecule has 40 heavy (non-hydrogen) atoms. The molecule has 0 bridgehead atoms. The fourth-order valence-corrected chi connectivity index (χ4v) is 6.29. The Labute approximate surface area is 244 Å². The van der Waals surface area contributed by atoms with Gasteiger partial charge in [-0.05, 0) is 74.2 Å². The normalized spacial score (nSPS) is 14.8. The van der Waals surface area contributed by atoms with Gasteiger partial charge in [-0.1, -0.05) is 29.8 Å². The van der Waals surface area contributed by atoms with Crippen LogP contribution in [0.2, 0.25) is 5.02 Å². The van der Waals surface area contributed by atoms with Crippen molar-refractivity contribution >= 4 is 65.3 Å². The molecule has 0 aliphatic rings. The highest BCUT2D eigenvalue weighted by Crippen LogP contribution is 2.41. The molecule has 2 aromatic carbocycles. The van der Waals surface area contributed by atoms with Crippen LogP contribution in [0.4, 0.5) is 39.5 Å². The molecule has 0 saturated heterocycles. The van der Waals surface area contributed by atoms with Gasteiger partial charge in [-0.2, -0.15) is 39.5 Å². The molecule has 2 aromatic rings. The van der Waals surface area contributed by atoms with Crippen LogP contribution in [0.1, 0.15) is 39.9 Å². The third-order valence-corrected chi connectivity index (χ3v) is 8.95. The maximum absolute atomic E-state index is 13.8. The topological polar surface area (TPSA) is 63.2 Å². The Morgan fingerprint density at radius 3 is 2.02 bits per heavy atom. The van der Waals surface area contributed by atoms with E-state index in [0.717, 1.165) is 31.2 Å². The summed E-state index contributed by atoms with van der Waals surface area (Å²) in [6, 6.07) is 2.70. The molecular formula is C23H17Br2ClF9NO3S. The Morgan fingerprint density at radius 1 is 1.00 bits per heavy atom. The molecule has 1 N–H and O–H groups in total. The van der Waals surface area contributed by atoms with Gasteiger partial charge in [-0.3, -0.25) is 4.79 Å². The lowest BCUT2D eigenvalue weighted by molar-refractivity contribution is -0.139. The van der Waals surface area contributed by atoms with E-state index in [9.17, 15) is 52.7 Å². The van der Waals surface area contributed by atoms with Crippen LogP contribution in [-0.4, -0.2) is 44.2 Å². The quantitative estimate of drug-likeness (QED) is 0.218. The Morgan fingerprint density at radius 2 is 1.55 bits per heavy atom. The van der Waals surface area contributed by atoms with Crippen molar-refractivity contribution in [3.05, 3.63) is 72.6 Å². The fourth-order valence-electron chi connectivity index (χ4n) is 3.50. The van der Waals surface area contributed by atoms with Crippen molar-refractivity contribution in [3.8, 4) is 0 Å². The Bertz CT molecular complexity index is 1370. The number of carbonyl (C=O) groups is 1. The molecule has 0 radical (unpaired) electrons. The van der Waals surface area contributed by atoms with Gasteiger partial charge in [-0.25, -0.2) is 8.42 Å². The molecule has 2 atom stereocenters. The number of rotatable bonds is 8. The Hall–Kier alpha value is -1.78. The number of amides is 1. The van der Waals surface area contributed by atoms with Crippen LogP contribution >= 0.6 is 43.5 Å². The lowest BCUT2D eigenvalue weighted by Gasteiger charge is -2.19. The second-order valence-electron chi connectivity index (χ2n) is 8.52. The summed E-state index contributed by atoms with van der Waals surface area (Å²) in [5.41, 5.74) is -3.21.